The molecule has 0 amide bonds. The maximum atomic E-state index is 10.9. The normalized spacial score (nSPS) is 8.80. The largest absolute Gasteiger partial charge is 0.289 e. The first-order valence-corrected chi connectivity index (χ1v) is 2.98. The summed E-state index contributed by atoms with van der Waals surface area (Å²) >= 11 is 0. The average Bonchev–Trinajstić information content (AvgIpc) is 2.05. The second-order valence-electron chi connectivity index (χ2n) is 1.84. The number of ketones is 1. The molecule has 0 N–H and O–H groups in total. The van der Waals surface area contributed by atoms with E-state index in [-0.39, 0.29) is 5.78 Å². The van der Waals surface area contributed by atoms with Gasteiger partial charge in [0, 0.05) is 5.56 Å². The molecule has 1 rings (SSSR count). The molecule has 0 aromatic heterocycles. The third-order valence-corrected chi connectivity index (χ3v) is 1.16. The fraction of sp³-hybridized carbons (Fsp3) is 0. The molecule has 0 spiro atoms. The Hall–Kier alpha value is -1.37. The maximum absolute atomic E-state index is 10.9. The van der Waals surface area contributed by atoms with Gasteiger partial charge in [0.15, 0.2) is 5.78 Å². The van der Waals surface area contributed by atoms with Crippen LogP contribution in [-0.4, -0.2) is 5.78 Å². The van der Waals surface area contributed by atoms with Crippen LogP contribution in [0.1, 0.15) is 10.4 Å². The lowest BCUT2D eigenvalue weighted by Crippen LogP contribution is -1.91. The predicted molar refractivity (Wildman–Crippen MR) is 39.8 cm³/mol. The van der Waals surface area contributed by atoms with Crippen LogP contribution < -0.4 is 0 Å². The van der Waals surface area contributed by atoms with Gasteiger partial charge < -0.3 is 0 Å². The van der Waals surface area contributed by atoms with Crippen LogP contribution in [0.5, 0.6) is 0 Å². The highest BCUT2D eigenvalue weighted by Gasteiger charge is 1.96. The lowest BCUT2D eigenvalue weighted by molar-refractivity contribution is 0.104. The van der Waals surface area contributed by atoms with Gasteiger partial charge in [-0.25, -0.2) is 0 Å². The van der Waals surface area contributed by atoms with Gasteiger partial charge in [-0.05, 0) is 12.1 Å². The van der Waals surface area contributed by atoms with E-state index < -0.39 is 0 Å². The molecule has 1 heteroatoms. The van der Waals surface area contributed by atoms with Crippen molar-refractivity contribution >= 4 is 5.78 Å². The van der Waals surface area contributed by atoms with Gasteiger partial charge in [-0.2, -0.15) is 0 Å². The molecule has 10 heavy (non-hydrogen) atoms. The monoisotopic (exact) mass is 131 g/mol. The zero-order valence-corrected chi connectivity index (χ0v) is 5.50. The van der Waals surface area contributed by atoms with Crippen LogP contribution in [0.4, 0.5) is 0 Å². The van der Waals surface area contributed by atoms with E-state index >= 15 is 0 Å². The number of hydrogen-bond acceptors (Lipinski definition) is 1. The Labute approximate surface area is 60.0 Å². The lowest BCUT2D eigenvalue weighted by atomic mass is 10.1. The minimum atomic E-state index is -0.0828. The molecule has 0 saturated heterocycles. The molecule has 0 unspecified atom stereocenters. The summed E-state index contributed by atoms with van der Waals surface area (Å²) < 4.78 is 0. The zero-order chi connectivity index (χ0) is 7.40. The van der Waals surface area contributed by atoms with Crippen LogP contribution in [0.3, 0.4) is 0 Å². The molecule has 1 nitrogen and oxygen atoms in total. The van der Waals surface area contributed by atoms with Gasteiger partial charge in [-0.15, -0.1) is 0 Å². The number of rotatable bonds is 2. The summed E-state index contributed by atoms with van der Waals surface area (Å²) in [4.78, 5) is 10.9. The van der Waals surface area contributed by atoms with Crippen molar-refractivity contribution in [3.63, 3.8) is 0 Å². The fourth-order valence-electron chi connectivity index (χ4n) is 0.657. The number of carbonyl (C=O) groups is 1. The highest BCUT2D eigenvalue weighted by atomic mass is 16.1. The van der Waals surface area contributed by atoms with Gasteiger partial charge in [0.25, 0.3) is 0 Å². The van der Waals surface area contributed by atoms with Crippen LogP contribution in [0.25, 0.3) is 0 Å². The molecule has 1 aromatic rings. The van der Waals surface area contributed by atoms with E-state index in [1.54, 1.807) is 18.2 Å². The Kier molecular flexibility index (Phi) is 2.00. The summed E-state index contributed by atoms with van der Waals surface area (Å²) in [5.74, 6) is -0.0828. The third-order valence-electron chi connectivity index (χ3n) is 1.16. The average molecular weight is 131 g/mol. The summed E-state index contributed by atoms with van der Waals surface area (Å²) in [6.07, 6.45) is 1.28. The Bertz CT molecular complexity index is 236. The summed E-state index contributed by atoms with van der Waals surface area (Å²) in [6.45, 7) is 3.37. The van der Waals surface area contributed by atoms with Gasteiger partial charge in [-0.1, -0.05) is 30.8 Å². The standard InChI is InChI=1S/C9H7O/c1-2-9(10)8-6-4-3-5-7-8/h2-6H,1H2. The molecule has 0 aliphatic rings. The van der Waals surface area contributed by atoms with Crippen molar-refractivity contribution in [2.24, 2.45) is 0 Å². The quantitative estimate of drug-likeness (QED) is 0.442. The molecule has 1 radical (unpaired) electrons. The Morgan fingerprint density at radius 1 is 1.60 bits per heavy atom. The summed E-state index contributed by atoms with van der Waals surface area (Å²) in [7, 11) is 0. The summed E-state index contributed by atoms with van der Waals surface area (Å²) in [6, 6.07) is 9.83. The molecular weight excluding hydrogens is 124 g/mol. The minimum absolute atomic E-state index is 0.0828. The highest BCUT2D eigenvalue weighted by molar-refractivity contribution is 6.03. The summed E-state index contributed by atoms with van der Waals surface area (Å²) in [5, 5.41) is 0. The molecule has 49 valence electrons. The summed E-state index contributed by atoms with van der Waals surface area (Å²) in [5.41, 5.74) is 0.567. The second kappa shape index (κ2) is 2.97. The van der Waals surface area contributed by atoms with E-state index in [0.717, 1.165) is 0 Å². The smallest absolute Gasteiger partial charge is 0.185 e. The van der Waals surface area contributed by atoms with Crippen LogP contribution in [0, 0.1) is 6.07 Å². The van der Waals surface area contributed by atoms with E-state index in [2.05, 4.69) is 12.6 Å². The molecule has 0 heterocycles. The van der Waals surface area contributed by atoms with Crippen molar-refractivity contribution in [2.45, 2.75) is 0 Å². The minimum Gasteiger partial charge on any atom is -0.289 e. The van der Waals surface area contributed by atoms with E-state index in [1.807, 2.05) is 6.07 Å². The Balaban J connectivity index is 2.95. The third kappa shape index (κ3) is 1.32. The first kappa shape index (κ1) is 6.75. The van der Waals surface area contributed by atoms with Crippen LogP contribution in [0.15, 0.2) is 36.9 Å². The van der Waals surface area contributed by atoms with Gasteiger partial charge in [-0.3, -0.25) is 4.79 Å². The highest BCUT2D eigenvalue weighted by Crippen LogP contribution is 1.98. The van der Waals surface area contributed by atoms with Crippen molar-refractivity contribution < 1.29 is 4.79 Å². The molecule has 0 saturated carbocycles. The lowest BCUT2D eigenvalue weighted by Gasteiger charge is -1.89. The van der Waals surface area contributed by atoms with Crippen molar-refractivity contribution in [1.29, 1.82) is 0 Å². The van der Waals surface area contributed by atoms with Crippen molar-refractivity contribution in [3.05, 3.63) is 48.6 Å². The van der Waals surface area contributed by atoms with E-state index in [9.17, 15) is 4.79 Å². The fourth-order valence-corrected chi connectivity index (χ4v) is 0.657. The van der Waals surface area contributed by atoms with E-state index in [0.29, 0.717) is 5.56 Å². The maximum Gasteiger partial charge on any atom is 0.185 e. The first-order valence-electron chi connectivity index (χ1n) is 2.98. The van der Waals surface area contributed by atoms with E-state index in [1.165, 1.54) is 6.08 Å². The topological polar surface area (TPSA) is 17.1 Å². The molecule has 0 atom stereocenters. The second-order valence-corrected chi connectivity index (χ2v) is 1.84. The number of hydrogen-bond donors (Lipinski definition) is 0. The van der Waals surface area contributed by atoms with Crippen molar-refractivity contribution in [1.82, 2.24) is 0 Å². The van der Waals surface area contributed by atoms with Crippen molar-refractivity contribution in [3.8, 4) is 0 Å². The van der Waals surface area contributed by atoms with Crippen LogP contribution >= 0.6 is 0 Å². The van der Waals surface area contributed by atoms with Crippen molar-refractivity contribution in [2.75, 3.05) is 0 Å². The molecule has 0 bridgehead atoms. The number of carbonyl (C=O) groups excluding carboxylic acids is 1. The van der Waals surface area contributed by atoms with Gasteiger partial charge in [0.1, 0.15) is 0 Å². The molecule has 1 aromatic carbocycles. The first-order chi connectivity index (χ1) is 4.84. The Morgan fingerprint density at radius 3 is 2.90 bits per heavy atom. The SMILES string of the molecule is C=CC(=O)c1[c]cccc1. The number of allylic oxidation sites excluding steroid dienone is 1. The molecule has 0 aliphatic carbocycles. The molecule has 0 aliphatic heterocycles. The van der Waals surface area contributed by atoms with Crippen LogP contribution in [0.2, 0.25) is 0 Å². The molecular formula is C9H7O. The van der Waals surface area contributed by atoms with Gasteiger partial charge >= 0.3 is 0 Å². The molecule has 0 fully saturated rings. The van der Waals surface area contributed by atoms with E-state index in [4.69, 9.17) is 0 Å². The number of benzene rings is 1. The Morgan fingerprint density at radius 2 is 2.40 bits per heavy atom. The zero-order valence-electron chi connectivity index (χ0n) is 5.50. The van der Waals surface area contributed by atoms with Gasteiger partial charge in [0.05, 0.1) is 0 Å². The predicted octanol–water partition coefficient (Wildman–Crippen LogP) is 1.86. The van der Waals surface area contributed by atoms with Gasteiger partial charge in [0.2, 0.25) is 0 Å². The van der Waals surface area contributed by atoms with Crippen LogP contribution in [-0.2, 0) is 0 Å².